The van der Waals surface area contributed by atoms with Crippen molar-refractivity contribution in [3.8, 4) is 5.75 Å². The van der Waals surface area contributed by atoms with Crippen molar-refractivity contribution in [2.45, 2.75) is 20.4 Å². The Morgan fingerprint density at radius 3 is 2.89 bits per heavy atom. The predicted molar refractivity (Wildman–Crippen MR) is 75.9 cm³/mol. The fourth-order valence-electron chi connectivity index (χ4n) is 2.38. The summed E-state index contributed by atoms with van der Waals surface area (Å²) in [4.78, 5) is 8.66. The maximum Gasteiger partial charge on any atom is 0.152 e. The van der Waals surface area contributed by atoms with Crippen LogP contribution in [0.3, 0.4) is 0 Å². The van der Waals surface area contributed by atoms with Crippen molar-refractivity contribution in [1.29, 1.82) is 0 Å². The zero-order chi connectivity index (χ0) is 13.6. The van der Waals surface area contributed by atoms with Crippen LogP contribution in [-0.2, 0) is 6.54 Å². The van der Waals surface area contributed by atoms with Crippen LogP contribution >= 0.6 is 0 Å². The summed E-state index contributed by atoms with van der Waals surface area (Å²) in [5.74, 6) is 1.10. The number of fused-ring (bicyclic) bond motifs is 3. The zero-order valence-corrected chi connectivity index (χ0v) is 11.0. The predicted octanol–water partition coefficient (Wildman–Crippen LogP) is 2.53. The summed E-state index contributed by atoms with van der Waals surface area (Å²) in [5.41, 5.74) is 8.34. The first kappa shape index (κ1) is 11.8. The van der Waals surface area contributed by atoms with E-state index in [0.717, 1.165) is 23.0 Å². The van der Waals surface area contributed by atoms with Crippen molar-refractivity contribution < 1.29 is 5.11 Å². The number of imidazole rings is 1. The average molecular weight is 256 g/mol. The molecule has 0 radical (unpaired) electrons. The number of aromatic hydroxyl groups is 1. The Labute approximate surface area is 110 Å². The number of rotatable bonds is 2. The van der Waals surface area contributed by atoms with Crippen LogP contribution in [0, 0.1) is 5.92 Å². The third-order valence-corrected chi connectivity index (χ3v) is 3.12. The molecule has 0 atom stereocenters. The van der Waals surface area contributed by atoms with Crippen LogP contribution in [0.4, 0.5) is 5.82 Å². The van der Waals surface area contributed by atoms with Gasteiger partial charge in [0.2, 0.25) is 0 Å². The van der Waals surface area contributed by atoms with Crippen LogP contribution in [0.2, 0.25) is 0 Å². The Morgan fingerprint density at radius 2 is 2.16 bits per heavy atom. The highest BCUT2D eigenvalue weighted by atomic mass is 16.3. The van der Waals surface area contributed by atoms with Crippen molar-refractivity contribution >= 4 is 27.8 Å². The molecule has 0 bridgehead atoms. The number of benzene rings is 1. The molecule has 0 saturated carbocycles. The quantitative estimate of drug-likeness (QED) is 0.738. The van der Waals surface area contributed by atoms with E-state index in [1.54, 1.807) is 18.5 Å². The molecule has 19 heavy (non-hydrogen) atoms. The largest absolute Gasteiger partial charge is 0.508 e. The zero-order valence-electron chi connectivity index (χ0n) is 11.0. The lowest BCUT2D eigenvalue weighted by atomic mass is 10.1. The van der Waals surface area contributed by atoms with Crippen molar-refractivity contribution in [2.75, 3.05) is 5.73 Å². The van der Waals surface area contributed by atoms with Crippen molar-refractivity contribution in [1.82, 2.24) is 14.5 Å². The van der Waals surface area contributed by atoms with Crippen molar-refractivity contribution in [3.63, 3.8) is 0 Å². The minimum atomic E-state index is 0.189. The van der Waals surface area contributed by atoms with Gasteiger partial charge >= 0.3 is 0 Å². The molecule has 0 spiro atoms. The number of pyridine rings is 1. The van der Waals surface area contributed by atoms with Crippen LogP contribution in [0.15, 0.2) is 24.5 Å². The Balaban J connectivity index is 2.39. The lowest BCUT2D eigenvalue weighted by Crippen LogP contribution is -2.03. The molecular formula is C14H16N4O. The summed E-state index contributed by atoms with van der Waals surface area (Å²) >= 11 is 0. The summed E-state index contributed by atoms with van der Waals surface area (Å²) in [5, 5.41) is 10.5. The third-order valence-electron chi connectivity index (χ3n) is 3.12. The van der Waals surface area contributed by atoms with Crippen LogP contribution in [0.5, 0.6) is 5.75 Å². The number of nitrogen functional groups attached to an aromatic ring is 1. The molecule has 0 aliphatic carbocycles. The number of nitrogens with zero attached hydrogens (tertiary/aromatic N) is 3. The van der Waals surface area contributed by atoms with Gasteiger partial charge in [-0.05, 0) is 18.1 Å². The van der Waals surface area contributed by atoms with E-state index in [0.29, 0.717) is 17.3 Å². The molecule has 0 fully saturated rings. The molecule has 0 aliphatic heterocycles. The molecule has 0 saturated heterocycles. The fraction of sp³-hybridized carbons (Fsp3) is 0.286. The Bertz CT molecular complexity index is 761. The molecule has 3 aromatic rings. The maximum absolute atomic E-state index is 9.56. The van der Waals surface area contributed by atoms with E-state index in [1.165, 1.54) is 0 Å². The topological polar surface area (TPSA) is 77.0 Å². The Kier molecular flexibility index (Phi) is 2.55. The molecular weight excluding hydrogens is 240 g/mol. The SMILES string of the molecule is CC(C)Cn1cnc2c(N)nc3cc(O)ccc3c21. The summed E-state index contributed by atoms with van der Waals surface area (Å²) in [6.45, 7) is 5.19. The molecule has 98 valence electrons. The average Bonchev–Trinajstić information content (AvgIpc) is 2.73. The number of hydrogen-bond donors (Lipinski definition) is 2. The van der Waals surface area contributed by atoms with Crippen LogP contribution < -0.4 is 5.73 Å². The van der Waals surface area contributed by atoms with Crippen molar-refractivity contribution in [2.24, 2.45) is 5.92 Å². The minimum absolute atomic E-state index is 0.189. The number of hydrogen-bond acceptors (Lipinski definition) is 4. The molecule has 3 N–H and O–H groups in total. The molecule has 2 heterocycles. The van der Waals surface area contributed by atoms with Gasteiger partial charge < -0.3 is 15.4 Å². The van der Waals surface area contributed by atoms with Gasteiger partial charge in [0.05, 0.1) is 17.4 Å². The third kappa shape index (κ3) is 1.87. The van der Waals surface area contributed by atoms with Crippen LogP contribution in [-0.4, -0.2) is 19.6 Å². The minimum Gasteiger partial charge on any atom is -0.508 e. The smallest absolute Gasteiger partial charge is 0.152 e. The van der Waals surface area contributed by atoms with E-state index < -0.39 is 0 Å². The second-order valence-electron chi connectivity index (χ2n) is 5.19. The number of aromatic nitrogens is 3. The van der Waals surface area contributed by atoms with E-state index in [9.17, 15) is 5.11 Å². The first-order valence-corrected chi connectivity index (χ1v) is 6.29. The maximum atomic E-state index is 9.56. The second-order valence-corrected chi connectivity index (χ2v) is 5.19. The van der Waals surface area contributed by atoms with Crippen LogP contribution in [0.1, 0.15) is 13.8 Å². The molecule has 3 rings (SSSR count). The monoisotopic (exact) mass is 256 g/mol. The second kappa shape index (κ2) is 4.12. The molecule has 5 nitrogen and oxygen atoms in total. The summed E-state index contributed by atoms with van der Waals surface area (Å²) in [6.07, 6.45) is 1.80. The molecule has 0 amide bonds. The number of phenols is 1. The van der Waals surface area contributed by atoms with Gasteiger partial charge in [-0.1, -0.05) is 13.8 Å². The van der Waals surface area contributed by atoms with Gasteiger partial charge in [-0.3, -0.25) is 0 Å². The van der Waals surface area contributed by atoms with Gasteiger partial charge in [0, 0.05) is 18.0 Å². The van der Waals surface area contributed by atoms with Gasteiger partial charge in [-0.2, -0.15) is 0 Å². The van der Waals surface area contributed by atoms with Gasteiger partial charge in [0.25, 0.3) is 0 Å². The van der Waals surface area contributed by atoms with E-state index in [2.05, 4.69) is 28.4 Å². The molecule has 1 aromatic carbocycles. The number of phenolic OH excluding ortho intramolecular Hbond substituents is 1. The Morgan fingerprint density at radius 1 is 1.37 bits per heavy atom. The first-order valence-electron chi connectivity index (χ1n) is 6.29. The van der Waals surface area contributed by atoms with Gasteiger partial charge in [0.1, 0.15) is 11.3 Å². The lowest BCUT2D eigenvalue weighted by molar-refractivity contribution is 0.476. The standard InChI is InChI=1S/C14H16N4O/c1-8(2)6-18-7-16-12-13(18)10-4-3-9(19)5-11(10)17-14(12)15/h3-5,7-8,19H,6H2,1-2H3,(H2,15,17). The van der Waals surface area contributed by atoms with Crippen LogP contribution in [0.25, 0.3) is 21.9 Å². The number of anilines is 1. The molecule has 0 unspecified atom stereocenters. The summed E-state index contributed by atoms with van der Waals surface area (Å²) < 4.78 is 2.09. The van der Waals surface area contributed by atoms with Gasteiger partial charge in [-0.25, -0.2) is 9.97 Å². The summed E-state index contributed by atoms with van der Waals surface area (Å²) in [7, 11) is 0. The molecule has 2 aromatic heterocycles. The van der Waals surface area contributed by atoms with Gasteiger partial charge in [-0.15, -0.1) is 0 Å². The lowest BCUT2D eigenvalue weighted by Gasteiger charge is -2.09. The van der Waals surface area contributed by atoms with E-state index in [4.69, 9.17) is 5.73 Å². The van der Waals surface area contributed by atoms with E-state index >= 15 is 0 Å². The molecule has 5 heteroatoms. The van der Waals surface area contributed by atoms with Crippen molar-refractivity contribution in [3.05, 3.63) is 24.5 Å². The highest BCUT2D eigenvalue weighted by Crippen LogP contribution is 2.29. The summed E-state index contributed by atoms with van der Waals surface area (Å²) in [6, 6.07) is 5.14. The normalized spacial score (nSPS) is 11.7. The molecule has 0 aliphatic rings. The highest BCUT2D eigenvalue weighted by molar-refractivity contribution is 6.06. The van der Waals surface area contributed by atoms with E-state index in [-0.39, 0.29) is 5.75 Å². The highest BCUT2D eigenvalue weighted by Gasteiger charge is 2.13. The van der Waals surface area contributed by atoms with Gasteiger partial charge in [0.15, 0.2) is 5.82 Å². The fourth-order valence-corrected chi connectivity index (χ4v) is 2.38. The number of nitrogens with two attached hydrogens (primary N) is 1. The Hall–Kier alpha value is -2.30. The first-order chi connectivity index (χ1) is 9.06. The van der Waals surface area contributed by atoms with E-state index in [1.807, 2.05) is 6.07 Å².